The molecule has 0 aromatic carbocycles. The van der Waals surface area contributed by atoms with E-state index in [9.17, 15) is 0 Å². The van der Waals surface area contributed by atoms with Crippen molar-refractivity contribution in [1.82, 2.24) is 9.80 Å². The lowest BCUT2D eigenvalue weighted by Gasteiger charge is -2.17. The molecule has 2 fully saturated rings. The van der Waals surface area contributed by atoms with Gasteiger partial charge in [0.25, 0.3) is 0 Å². The first kappa shape index (κ1) is 10.0. The molecule has 0 spiro atoms. The maximum atomic E-state index is 2.51. The van der Waals surface area contributed by atoms with Crippen LogP contribution in [0.5, 0.6) is 0 Å². The molecule has 2 nitrogen and oxygen atoms in total. The molecule has 0 aromatic heterocycles. The number of rotatable bonds is 0. The fourth-order valence-electron chi connectivity index (χ4n) is 2.38. The van der Waals surface area contributed by atoms with Crippen molar-refractivity contribution in [3.8, 4) is 0 Å². The molecule has 0 N–H and O–H groups in total. The van der Waals surface area contributed by atoms with Crippen molar-refractivity contribution in [1.29, 1.82) is 0 Å². The van der Waals surface area contributed by atoms with Crippen LogP contribution in [0.15, 0.2) is 0 Å². The average Bonchev–Trinajstić information content (AvgIpc) is 2.58. The second-order valence-corrected chi connectivity index (χ2v) is 3.82. The molecule has 2 atom stereocenters. The first-order valence-electron chi connectivity index (χ1n) is 5.16. The second-order valence-electron chi connectivity index (χ2n) is 3.82. The zero-order valence-electron chi connectivity index (χ0n) is 8.88. The Morgan fingerprint density at radius 2 is 1.75 bits per heavy atom. The van der Waals surface area contributed by atoms with E-state index < -0.39 is 0 Å². The molecular weight excluding hydrogens is 148 g/mol. The summed E-state index contributed by atoms with van der Waals surface area (Å²) in [4.78, 5) is 4.96. The van der Waals surface area contributed by atoms with Gasteiger partial charge in [0.15, 0.2) is 0 Å². The summed E-state index contributed by atoms with van der Waals surface area (Å²) in [5.74, 6) is 0.981. The monoisotopic (exact) mass is 170 g/mol. The molecule has 0 unspecified atom stereocenters. The van der Waals surface area contributed by atoms with Gasteiger partial charge in [0.1, 0.15) is 0 Å². The highest BCUT2D eigenvalue weighted by atomic mass is 15.3. The summed E-state index contributed by atoms with van der Waals surface area (Å²) in [6.07, 6.45) is 1.42. The van der Waals surface area contributed by atoms with Crippen molar-refractivity contribution in [3.05, 3.63) is 0 Å². The van der Waals surface area contributed by atoms with Gasteiger partial charge < -0.3 is 9.80 Å². The third kappa shape index (κ3) is 1.80. The molecule has 0 aliphatic carbocycles. The Labute approximate surface area is 76.5 Å². The topological polar surface area (TPSA) is 6.48 Å². The van der Waals surface area contributed by atoms with Gasteiger partial charge in [-0.15, -0.1) is 0 Å². The van der Waals surface area contributed by atoms with Gasteiger partial charge in [-0.05, 0) is 33.0 Å². The highest BCUT2D eigenvalue weighted by Gasteiger charge is 2.37. The lowest BCUT2D eigenvalue weighted by molar-refractivity contribution is 0.282. The largest absolute Gasteiger partial charge is 0.304 e. The predicted molar refractivity (Wildman–Crippen MR) is 53.4 cm³/mol. The smallest absolute Gasteiger partial charge is 0.0260 e. The van der Waals surface area contributed by atoms with E-state index >= 15 is 0 Å². The molecule has 0 amide bonds. The van der Waals surface area contributed by atoms with Crippen molar-refractivity contribution in [2.75, 3.05) is 33.7 Å². The third-order valence-electron chi connectivity index (χ3n) is 3.01. The standard InChI is InChI=1S/C8H16N2.C2H6/c1-9-5-7-3-4-10(2)8(7)6-9;1-2/h7-8H,3-6H2,1-2H3;1-2H3/t7-,8+;/m0./s1. The van der Waals surface area contributed by atoms with Gasteiger partial charge in [-0.25, -0.2) is 0 Å². The molecule has 72 valence electrons. The highest BCUT2D eigenvalue weighted by Crippen LogP contribution is 2.28. The van der Waals surface area contributed by atoms with Crippen LogP contribution in [0.1, 0.15) is 20.3 Å². The molecule has 2 saturated heterocycles. The van der Waals surface area contributed by atoms with E-state index in [0.717, 1.165) is 12.0 Å². The van der Waals surface area contributed by atoms with Crippen LogP contribution in [0, 0.1) is 5.92 Å². The normalized spacial score (nSPS) is 36.0. The molecule has 12 heavy (non-hydrogen) atoms. The Balaban J connectivity index is 0.000000336. The van der Waals surface area contributed by atoms with Crippen molar-refractivity contribution in [2.24, 2.45) is 5.92 Å². The van der Waals surface area contributed by atoms with E-state index in [1.54, 1.807) is 0 Å². The third-order valence-corrected chi connectivity index (χ3v) is 3.01. The number of fused-ring (bicyclic) bond motifs is 1. The zero-order chi connectivity index (χ0) is 9.14. The lowest BCUT2D eigenvalue weighted by Crippen LogP contribution is -2.30. The van der Waals surface area contributed by atoms with Crippen LogP contribution < -0.4 is 0 Å². The SMILES string of the molecule is CC.CN1C[C@@H]2CCN(C)[C@@H]2C1. The zero-order valence-corrected chi connectivity index (χ0v) is 8.88. The molecule has 0 saturated carbocycles. The van der Waals surface area contributed by atoms with Crippen molar-refractivity contribution >= 4 is 0 Å². The average molecular weight is 170 g/mol. The Bertz CT molecular complexity index is 136. The van der Waals surface area contributed by atoms with Crippen LogP contribution in [0.3, 0.4) is 0 Å². The summed E-state index contributed by atoms with van der Waals surface area (Å²) >= 11 is 0. The van der Waals surface area contributed by atoms with E-state index in [1.165, 1.54) is 26.1 Å². The van der Waals surface area contributed by atoms with Gasteiger partial charge in [0.05, 0.1) is 0 Å². The Morgan fingerprint density at radius 3 is 2.33 bits per heavy atom. The minimum absolute atomic E-state index is 0.880. The number of hydrogen-bond donors (Lipinski definition) is 0. The Morgan fingerprint density at radius 1 is 1.08 bits per heavy atom. The molecule has 2 aliphatic heterocycles. The quantitative estimate of drug-likeness (QED) is 0.540. The minimum Gasteiger partial charge on any atom is -0.304 e. The molecule has 2 heteroatoms. The summed E-state index contributed by atoms with van der Waals surface area (Å²) in [6, 6.07) is 0.880. The maximum Gasteiger partial charge on any atom is 0.0260 e. The fourth-order valence-corrected chi connectivity index (χ4v) is 2.38. The summed E-state index contributed by atoms with van der Waals surface area (Å²) in [5.41, 5.74) is 0. The van der Waals surface area contributed by atoms with Crippen LogP contribution in [-0.4, -0.2) is 49.6 Å². The van der Waals surface area contributed by atoms with Crippen LogP contribution in [0.2, 0.25) is 0 Å². The summed E-state index contributed by atoms with van der Waals surface area (Å²) in [6.45, 7) is 7.94. The highest BCUT2D eigenvalue weighted by molar-refractivity contribution is 4.93. The van der Waals surface area contributed by atoms with Crippen LogP contribution in [-0.2, 0) is 0 Å². The van der Waals surface area contributed by atoms with Gasteiger partial charge in [0.2, 0.25) is 0 Å². The summed E-state index contributed by atoms with van der Waals surface area (Å²) in [7, 11) is 4.48. The first-order chi connectivity index (χ1) is 5.77. The molecule has 0 aromatic rings. The van der Waals surface area contributed by atoms with Crippen LogP contribution in [0.4, 0.5) is 0 Å². The van der Waals surface area contributed by atoms with E-state index in [0.29, 0.717) is 0 Å². The summed E-state index contributed by atoms with van der Waals surface area (Å²) in [5, 5.41) is 0. The van der Waals surface area contributed by atoms with Gasteiger partial charge in [-0.1, -0.05) is 13.8 Å². The van der Waals surface area contributed by atoms with Crippen LogP contribution >= 0.6 is 0 Å². The predicted octanol–water partition coefficient (Wildman–Crippen LogP) is 1.28. The van der Waals surface area contributed by atoms with Gasteiger partial charge >= 0.3 is 0 Å². The molecule has 0 radical (unpaired) electrons. The lowest BCUT2D eigenvalue weighted by atomic mass is 10.1. The number of likely N-dealkylation sites (N-methyl/N-ethyl adjacent to an activating group) is 2. The van der Waals surface area contributed by atoms with Crippen molar-refractivity contribution in [2.45, 2.75) is 26.3 Å². The van der Waals surface area contributed by atoms with Gasteiger partial charge in [-0.2, -0.15) is 0 Å². The molecule has 2 aliphatic rings. The molecular formula is C10H22N2. The van der Waals surface area contributed by atoms with Crippen molar-refractivity contribution in [3.63, 3.8) is 0 Å². The fraction of sp³-hybridized carbons (Fsp3) is 1.00. The van der Waals surface area contributed by atoms with E-state index in [2.05, 4.69) is 23.9 Å². The number of hydrogen-bond acceptors (Lipinski definition) is 2. The number of likely N-dealkylation sites (tertiary alicyclic amines) is 2. The second kappa shape index (κ2) is 4.24. The van der Waals surface area contributed by atoms with E-state index in [-0.39, 0.29) is 0 Å². The summed E-state index contributed by atoms with van der Waals surface area (Å²) < 4.78 is 0. The minimum atomic E-state index is 0.880. The van der Waals surface area contributed by atoms with Crippen molar-refractivity contribution < 1.29 is 0 Å². The first-order valence-corrected chi connectivity index (χ1v) is 5.16. The molecule has 2 heterocycles. The number of nitrogens with zero attached hydrogens (tertiary/aromatic N) is 2. The Hall–Kier alpha value is -0.0800. The van der Waals surface area contributed by atoms with Gasteiger partial charge in [-0.3, -0.25) is 0 Å². The molecule has 2 rings (SSSR count). The van der Waals surface area contributed by atoms with E-state index in [1.807, 2.05) is 13.8 Å². The van der Waals surface area contributed by atoms with E-state index in [4.69, 9.17) is 0 Å². The van der Waals surface area contributed by atoms with Crippen LogP contribution in [0.25, 0.3) is 0 Å². The van der Waals surface area contributed by atoms with Gasteiger partial charge in [0, 0.05) is 19.1 Å². The Kier molecular flexibility index (Phi) is 3.53. The molecule has 0 bridgehead atoms. The maximum absolute atomic E-state index is 2.51.